The van der Waals surface area contributed by atoms with Crippen LogP contribution in [0.5, 0.6) is 0 Å². The second kappa shape index (κ2) is 6.22. The second-order valence-electron chi connectivity index (χ2n) is 3.75. The molecule has 0 saturated carbocycles. The Balaban J connectivity index is 2.24. The summed E-state index contributed by atoms with van der Waals surface area (Å²) in [5.41, 5.74) is 1.93. The number of carbonyl (C=O) groups excluding carboxylic acids is 2. The van der Waals surface area contributed by atoms with E-state index >= 15 is 0 Å². The summed E-state index contributed by atoms with van der Waals surface area (Å²) in [6.07, 6.45) is 0. The molecule has 1 aromatic heterocycles. The molecule has 5 nitrogen and oxygen atoms in total. The second-order valence-corrected chi connectivity index (χ2v) is 4.47. The highest BCUT2D eigenvalue weighted by Crippen LogP contribution is 1.99. The molecule has 1 rings (SSSR count). The molecule has 0 aliphatic rings. The molecule has 0 unspecified atom stereocenters. The van der Waals surface area contributed by atoms with Crippen molar-refractivity contribution >= 4 is 23.2 Å². The lowest BCUT2D eigenvalue weighted by Crippen LogP contribution is -2.38. The monoisotopic (exact) mass is 241 g/mol. The van der Waals surface area contributed by atoms with Gasteiger partial charge in [-0.1, -0.05) is 13.8 Å². The van der Waals surface area contributed by atoms with Crippen molar-refractivity contribution in [2.75, 3.05) is 13.1 Å². The molecule has 1 aromatic rings. The lowest BCUT2D eigenvalue weighted by molar-refractivity contribution is -0.120. The van der Waals surface area contributed by atoms with Crippen LogP contribution < -0.4 is 10.6 Å². The van der Waals surface area contributed by atoms with Crippen LogP contribution >= 0.6 is 11.3 Å². The number of carbonyl (C=O) groups is 2. The zero-order valence-corrected chi connectivity index (χ0v) is 10.1. The van der Waals surface area contributed by atoms with Crippen LogP contribution in [-0.2, 0) is 4.79 Å². The molecular formula is C10H15N3O2S. The van der Waals surface area contributed by atoms with E-state index < -0.39 is 0 Å². The van der Waals surface area contributed by atoms with E-state index in [9.17, 15) is 9.59 Å². The van der Waals surface area contributed by atoms with E-state index in [0.717, 1.165) is 0 Å². The molecule has 0 fully saturated rings. The van der Waals surface area contributed by atoms with Gasteiger partial charge in [0.15, 0.2) is 0 Å². The molecule has 0 atom stereocenters. The maximum absolute atomic E-state index is 11.4. The third kappa shape index (κ3) is 4.39. The normalized spacial score (nSPS) is 10.2. The van der Waals surface area contributed by atoms with Crippen molar-refractivity contribution < 1.29 is 9.59 Å². The molecule has 6 heteroatoms. The zero-order valence-electron chi connectivity index (χ0n) is 9.32. The molecular weight excluding hydrogens is 226 g/mol. The molecule has 0 spiro atoms. The highest BCUT2D eigenvalue weighted by atomic mass is 32.1. The van der Waals surface area contributed by atoms with E-state index in [2.05, 4.69) is 15.6 Å². The first kappa shape index (κ1) is 12.6. The van der Waals surface area contributed by atoms with Gasteiger partial charge in [-0.3, -0.25) is 9.59 Å². The zero-order chi connectivity index (χ0) is 12.0. The smallest absolute Gasteiger partial charge is 0.271 e. The van der Waals surface area contributed by atoms with Crippen LogP contribution in [0.4, 0.5) is 0 Å². The number of hydrogen-bond donors (Lipinski definition) is 2. The summed E-state index contributed by atoms with van der Waals surface area (Å²) in [7, 11) is 0. The third-order valence-electron chi connectivity index (χ3n) is 1.78. The Labute approximate surface area is 98.3 Å². The van der Waals surface area contributed by atoms with E-state index in [0.29, 0.717) is 18.2 Å². The Kier molecular flexibility index (Phi) is 4.91. The molecule has 2 N–H and O–H groups in total. The van der Waals surface area contributed by atoms with Gasteiger partial charge in [0.05, 0.1) is 12.1 Å². The summed E-state index contributed by atoms with van der Waals surface area (Å²) < 4.78 is 0. The van der Waals surface area contributed by atoms with Crippen LogP contribution in [0.1, 0.15) is 24.3 Å². The van der Waals surface area contributed by atoms with Gasteiger partial charge in [0.1, 0.15) is 5.69 Å². The number of nitrogens with zero attached hydrogens (tertiary/aromatic N) is 1. The van der Waals surface area contributed by atoms with Gasteiger partial charge >= 0.3 is 0 Å². The topological polar surface area (TPSA) is 71.1 Å². The molecule has 88 valence electrons. The van der Waals surface area contributed by atoms with Crippen LogP contribution in [0.2, 0.25) is 0 Å². The number of thiazole rings is 1. The van der Waals surface area contributed by atoms with Crippen molar-refractivity contribution in [3.63, 3.8) is 0 Å². The molecule has 16 heavy (non-hydrogen) atoms. The van der Waals surface area contributed by atoms with Gasteiger partial charge in [-0.2, -0.15) is 0 Å². The van der Waals surface area contributed by atoms with E-state index in [-0.39, 0.29) is 18.4 Å². The largest absolute Gasteiger partial charge is 0.354 e. The van der Waals surface area contributed by atoms with Crippen LogP contribution in [0.25, 0.3) is 0 Å². The summed E-state index contributed by atoms with van der Waals surface area (Å²) in [5, 5.41) is 6.85. The molecule has 0 saturated heterocycles. The van der Waals surface area contributed by atoms with Gasteiger partial charge < -0.3 is 10.6 Å². The van der Waals surface area contributed by atoms with Crippen LogP contribution in [0, 0.1) is 5.92 Å². The van der Waals surface area contributed by atoms with Gasteiger partial charge in [-0.25, -0.2) is 4.98 Å². The first-order valence-corrected chi connectivity index (χ1v) is 5.97. The van der Waals surface area contributed by atoms with Gasteiger partial charge in [-0.05, 0) is 5.92 Å². The highest BCUT2D eigenvalue weighted by Gasteiger charge is 2.09. The van der Waals surface area contributed by atoms with Crippen LogP contribution in [0.3, 0.4) is 0 Å². The summed E-state index contributed by atoms with van der Waals surface area (Å²) in [4.78, 5) is 26.5. The lowest BCUT2D eigenvalue weighted by Gasteiger charge is -2.07. The standard InChI is InChI=1S/C10H15N3O2S/c1-7(2)3-11-9(14)4-12-10(15)8-5-16-6-13-8/h5-7H,3-4H2,1-2H3,(H,11,14)(H,12,15). The Bertz CT molecular complexity index is 349. The summed E-state index contributed by atoms with van der Waals surface area (Å²) in [5.74, 6) is -0.101. The first-order chi connectivity index (χ1) is 7.59. The average Bonchev–Trinajstić information content (AvgIpc) is 2.76. The number of rotatable bonds is 5. The molecule has 1 heterocycles. The highest BCUT2D eigenvalue weighted by molar-refractivity contribution is 7.07. The maximum Gasteiger partial charge on any atom is 0.271 e. The molecule has 0 aromatic carbocycles. The van der Waals surface area contributed by atoms with Crippen molar-refractivity contribution in [2.24, 2.45) is 5.92 Å². The Morgan fingerprint density at radius 1 is 1.44 bits per heavy atom. The van der Waals surface area contributed by atoms with E-state index in [1.165, 1.54) is 11.3 Å². The molecule has 0 aliphatic heterocycles. The fraction of sp³-hybridized carbons (Fsp3) is 0.500. The summed E-state index contributed by atoms with van der Waals surface area (Å²) >= 11 is 1.34. The predicted octanol–water partition coefficient (Wildman–Crippen LogP) is 0.645. The minimum Gasteiger partial charge on any atom is -0.354 e. The van der Waals surface area contributed by atoms with Crippen molar-refractivity contribution in [1.29, 1.82) is 0 Å². The molecule has 0 radical (unpaired) electrons. The Morgan fingerprint density at radius 2 is 2.19 bits per heavy atom. The van der Waals surface area contributed by atoms with Crippen molar-refractivity contribution in [1.82, 2.24) is 15.6 Å². The average molecular weight is 241 g/mol. The van der Waals surface area contributed by atoms with Crippen molar-refractivity contribution in [3.05, 3.63) is 16.6 Å². The van der Waals surface area contributed by atoms with E-state index in [4.69, 9.17) is 0 Å². The predicted molar refractivity (Wildman–Crippen MR) is 62.3 cm³/mol. The third-order valence-corrected chi connectivity index (χ3v) is 2.37. The Hall–Kier alpha value is -1.43. The fourth-order valence-corrected chi connectivity index (χ4v) is 1.49. The van der Waals surface area contributed by atoms with E-state index in [1.807, 2.05) is 13.8 Å². The van der Waals surface area contributed by atoms with E-state index in [1.54, 1.807) is 10.9 Å². The van der Waals surface area contributed by atoms with Gasteiger partial charge in [0, 0.05) is 11.9 Å². The maximum atomic E-state index is 11.4. The van der Waals surface area contributed by atoms with Crippen molar-refractivity contribution in [2.45, 2.75) is 13.8 Å². The van der Waals surface area contributed by atoms with Crippen molar-refractivity contribution in [3.8, 4) is 0 Å². The number of amides is 2. The minimum atomic E-state index is -0.319. The lowest BCUT2D eigenvalue weighted by atomic mass is 10.2. The van der Waals surface area contributed by atoms with Gasteiger partial charge in [0.25, 0.3) is 5.91 Å². The summed E-state index contributed by atoms with van der Waals surface area (Å²) in [6.45, 7) is 4.62. The molecule has 0 bridgehead atoms. The number of hydrogen-bond acceptors (Lipinski definition) is 4. The SMILES string of the molecule is CC(C)CNC(=O)CNC(=O)c1cscn1. The minimum absolute atomic E-state index is 0.0108. The Morgan fingerprint density at radius 3 is 2.75 bits per heavy atom. The number of nitrogens with one attached hydrogen (secondary N) is 2. The summed E-state index contributed by atoms with van der Waals surface area (Å²) in [6, 6.07) is 0. The first-order valence-electron chi connectivity index (χ1n) is 5.02. The fourth-order valence-electron chi connectivity index (χ4n) is 0.956. The quantitative estimate of drug-likeness (QED) is 0.795. The van der Waals surface area contributed by atoms with Crippen LogP contribution in [0.15, 0.2) is 10.9 Å². The molecule has 2 amide bonds. The molecule has 0 aliphatic carbocycles. The van der Waals surface area contributed by atoms with Crippen LogP contribution in [-0.4, -0.2) is 29.9 Å². The van der Waals surface area contributed by atoms with Gasteiger partial charge in [0.2, 0.25) is 5.91 Å². The number of aromatic nitrogens is 1. The van der Waals surface area contributed by atoms with Gasteiger partial charge in [-0.15, -0.1) is 11.3 Å².